The molecule has 2 aliphatic rings. The van der Waals surface area contributed by atoms with Gasteiger partial charge in [0.25, 0.3) is 5.91 Å². The van der Waals surface area contributed by atoms with E-state index in [9.17, 15) is 4.79 Å². The molecule has 0 radical (unpaired) electrons. The van der Waals surface area contributed by atoms with Gasteiger partial charge in [0.1, 0.15) is 0 Å². The minimum atomic E-state index is 0.0664. The van der Waals surface area contributed by atoms with Gasteiger partial charge in [-0.3, -0.25) is 4.79 Å². The topological polar surface area (TPSA) is 37.3 Å². The van der Waals surface area contributed by atoms with Gasteiger partial charge in [0.05, 0.1) is 11.3 Å². The highest BCUT2D eigenvalue weighted by molar-refractivity contribution is 6.13. The van der Waals surface area contributed by atoms with Crippen LogP contribution in [-0.2, 0) is 7.05 Å². The number of carbonyl (C=O) groups excluding carboxylic acids is 1. The summed E-state index contributed by atoms with van der Waals surface area (Å²) in [6, 6.07) is 16.2. The molecule has 156 valence electrons. The summed E-state index contributed by atoms with van der Waals surface area (Å²) in [6.07, 6.45) is 4.63. The predicted molar refractivity (Wildman–Crippen MR) is 123 cm³/mol. The van der Waals surface area contributed by atoms with Crippen LogP contribution < -0.4 is 5.32 Å². The molecule has 0 aliphatic carbocycles. The molecule has 2 aromatic carbocycles. The fourth-order valence-electron chi connectivity index (χ4n) is 5.65. The van der Waals surface area contributed by atoms with Crippen LogP contribution in [0.4, 0.5) is 0 Å². The molecule has 2 saturated heterocycles. The van der Waals surface area contributed by atoms with Gasteiger partial charge in [-0.15, -0.1) is 0 Å². The van der Waals surface area contributed by atoms with Crippen molar-refractivity contribution in [2.45, 2.75) is 57.7 Å². The minimum absolute atomic E-state index is 0.0664. The van der Waals surface area contributed by atoms with Crippen molar-refractivity contribution in [3.05, 3.63) is 59.2 Å². The zero-order valence-electron chi connectivity index (χ0n) is 18.4. The minimum Gasteiger partial charge on any atom is -0.349 e. The molecule has 30 heavy (non-hydrogen) atoms. The lowest BCUT2D eigenvalue weighted by Crippen LogP contribution is -2.48. The molecule has 4 nitrogen and oxygen atoms in total. The Balaban J connectivity index is 1.58. The summed E-state index contributed by atoms with van der Waals surface area (Å²) < 4.78 is 2.18. The molecule has 1 N–H and O–H groups in total. The first-order valence-corrected chi connectivity index (χ1v) is 11.1. The van der Waals surface area contributed by atoms with Crippen LogP contribution in [0.2, 0.25) is 0 Å². The molecule has 2 aliphatic heterocycles. The van der Waals surface area contributed by atoms with E-state index in [1.54, 1.807) is 0 Å². The van der Waals surface area contributed by atoms with E-state index in [1.807, 2.05) is 18.2 Å². The second-order valence-corrected chi connectivity index (χ2v) is 9.29. The molecule has 3 heterocycles. The van der Waals surface area contributed by atoms with Gasteiger partial charge in [-0.2, -0.15) is 0 Å². The monoisotopic (exact) mass is 401 g/mol. The number of hydrogen-bond acceptors (Lipinski definition) is 2. The average molecular weight is 402 g/mol. The summed E-state index contributed by atoms with van der Waals surface area (Å²) in [4.78, 5) is 16.2. The van der Waals surface area contributed by atoms with E-state index in [0.29, 0.717) is 12.1 Å². The van der Waals surface area contributed by atoms with Crippen molar-refractivity contribution in [2.24, 2.45) is 7.05 Å². The molecular formula is C26H31N3O. The normalized spacial score (nSPS) is 23.8. The second-order valence-electron chi connectivity index (χ2n) is 9.29. The zero-order chi connectivity index (χ0) is 21.0. The molecule has 5 rings (SSSR count). The van der Waals surface area contributed by atoms with Crippen molar-refractivity contribution >= 4 is 16.8 Å². The lowest BCUT2D eigenvalue weighted by atomic mass is 9.96. The van der Waals surface area contributed by atoms with E-state index in [0.717, 1.165) is 40.6 Å². The van der Waals surface area contributed by atoms with Gasteiger partial charge in [-0.1, -0.05) is 30.3 Å². The van der Waals surface area contributed by atoms with Crippen molar-refractivity contribution in [1.29, 1.82) is 0 Å². The van der Waals surface area contributed by atoms with Gasteiger partial charge < -0.3 is 14.8 Å². The van der Waals surface area contributed by atoms with E-state index in [4.69, 9.17) is 0 Å². The number of amides is 1. The molecule has 4 heteroatoms. The third-order valence-corrected chi connectivity index (χ3v) is 7.52. The predicted octanol–water partition coefficient (Wildman–Crippen LogP) is 4.82. The molecule has 2 bridgehead atoms. The fraction of sp³-hybridized carbons (Fsp3) is 0.423. The lowest BCUT2D eigenvalue weighted by Gasteiger charge is -2.36. The van der Waals surface area contributed by atoms with Crippen molar-refractivity contribution < 1.29 is 4.79 Å². The van der Waals surface area contributed by atoms with Gasteiger partial charge in [-0.25, -0.2) is 0 Å². The summed E-state index contributed by atoms with van der Waals surface area (Å²) in [6.45, 7) is 4.26. The highest BCUT2D eigenvalue weighted by Crippen LogP contribution is 2.37. The summed E-state index contributed by atoms with van der Waals surface area (Å²) in [5, 5.41) is 4.48. The zero-order valence-corrected chi connectivity index (χ0v) is 18.4. The number of fused-ring (bicyclic) bond motifs is 3. The Labute approximate surface area is 178 Å². The summed E-state index contributed by atoms with van der Waals surface area (Å²) in [5.74, 6) is 0.0664. The SMILES string of the molecule is Cc1cc2c(C(=O)NC3CC4CCC(C3)N4C)c(-c3ccccc3)n(C)c2cc1C. The van der Waals surface area contributed by atoms with E-state index in [-0.39, 0.29) is 11.9 Å². The number of aryl methyl sites for hydroxylation is 3. The van der Waals surface area contributed by atoms with Gasteiger partial charge in [0, 0.05) is 36.1 Å². The number of piperidine rings is 1. The molecule has 2 unspecified atom stereocenters. The van der Waals surface area contributed by atoms with Gasteiger partial charge >= 0.3 is 0 Å². The third kappa shape index (κ3) is 3.05. The number of hydrogen-bond donors (Lipinski definition) is 1. The molecule has 0 spiro atoms. The Bertz CT molecular complexity index is 1100. The molecule has 2 fully saturated rings. The number of rotatable bonds is 3. The summed E-state index contributed by atoms with van der Waals surface area (Å²) in [7, 11) is 4.32. The van der Waals surface area contributed by atoms with Crippen molar-refractivity contribution in [3.8, 4) is 11.3 Å². The van der Waals surface area contributed by atoms with Gasteiger partial charge in [-0.05, 0) is 75.4 Å². The van der Waals surface area contributed by atoms with E-state index < -0.39 is 0 Å². The van der Waals surface area contributed by atoms with E-state index in [1.165, 1.54) is 24.0 Å². The average Bonchev–Trinajstić information content (AvgIpc) is 3.10. The van der Waals surface area contributed by atoms with Crippen LogP contribution in [0.5, 0.6) is 0 Å². The van der Waals surface area contributed by atoms with Gasteiger partial charge in [0.15, 0.2) is 0 Å². The summed E-state index contributed by atoms with van der Waals surface area (Å²) in [5.41, 5.74) is 6.49. The number of nitrogens with zero attached hydrogens (tertiary/aromatic N) is 2. The molecule has 1 aromatic heterocycles. The standard InChI is InChI=1S/C26H31N3O/c1-16-12-22-23(13-17(16)2)29(4)25(18-8-6-5-7-9-18)24(22)26(30)27-19-14-20-10-11-21(15-19)28(20)3/h5-9,12-13,19-21H,10-11,14-15H2,1-4H3,(H,27,30). The maximum Gasteiger partial charge on any atom is 0.254 e. The van der Waals surface area contributed by atoms with Crippen LogP contribution in [-0.4, -0.2) is 40.5 Å². The molecule has 2 atom stereocenters. The maximum atomic E-state index is 13.7. The fourth-order valence-corrected chi connectivity index (χ4v) is 5.65. The molecular weight excluding hydrogens is 370 g/mol. The highest BCUT2D eigenvalue weighted by atomic mass is 16.1. The smallest absolute Gasteiger partial charge is 0.254 e. The van der Waals surface area contributed by atoms with Crippen LogP contribution >= 0.6 is 0 Å². The Morgan fingerprint density at radius 1 is 0.967 bits per heavy atom. The molecule has 1 amide bonds. The van der Waals surface area contributed by atoms with Crippen molar-refractivity contribution in [2.75, 3.05) is 7.05 Å². The van der Waals surface area contributed by atoms with Crippen LogP contribution in [0.25, 0.3) is 22.2 Å². The first kappa shape index (κ1) is 19.4. The first-order chi connectivity index (χ1) is 14.4. The first-order valence-electron chi connectivity index (χ1n) is 11.1. The van der Waals surface area contributed by atoms with Crippen LogP contribution in [0.15, 0.2) is 42.5 Å². The number of aromatic nitrogens is 1. The lowest BCUT2D eigenvalue weighted by molar-refractivity contribution is 0.0884. The number of benzene rings is 2. The van der Waals surface area contributed by atoms with E-state index in [2.05, 4.69) is 67.0 Å². The number of nitrogens with one attached hydrogen (secondary N) is 1. The Hall–Kier alpha value is -2.59. The van der Waals surface area contributed by atoms with Crippen molar-refractivity contribution in [1.82, 2.24) is 14.8 Å². The Kier molecular flexibility index (Phi) is 4.70. The number of carbonyl (C=O) groups is 1. The highest BCUT2D eigenvalue weighted by Gasteiger charge is 2.39. The quantitative estimate of drug-likeness (QED) is 0.683. The second kappa shape index (κ2) is 7.28. The van der Waals surface area contributed by atoms with Crippen LogP contribution in [0, 0.1) is 13.8 Å². The van der Waals surface area contributed by atoms with Crippen LogP contribution in [0.3, 0.4) is 0 Å². The Morgan fingerprint density at radius 2 is 1.60 bits per heavy atom. The molecule has 3 aromatic rings. The maximum absolute atomic E-state index is 13.7. The summed E-state index contributed by atoms with van der Waals surface area (Å²) >= 11 is 0. The van der Waals surface area contributed by atoms with Crippen molar-refractivity contribution in [3.63, 3.8) is 0 Å². The third-order valence-electron chi connectivity index (χ3n) is 7.52. The molecule has 0 saturated carbocycles. The van der Waals surface area contributed by atoms with Gasteiger partial charge in [0.2, 0.25) is 0 Å². The van der Waals surface area contributed by atoms with E-state index >= 15 is 0 Å². The Morgan fingerprint density at radius 3 is 2.27 bits per heavy atom. The van der Waals surface area contributed by atoms with Crippen LogP contribution in [0.1, 0.15) is 47.2 Å². The largest absolute Gasteiger partial charge is 0.349 e.